The van der Waals surface area contributed by atoms with Gasteiger partial charge in [0.15, 0.2) is 0 Å². The van der Waals surface area contributed by atoms with E-state index < -0.39 is 0 Å². The molecule has 0 aliphatic carbocycles. The summed E-state index contributed by atoms with van der Waals surface area (Å²) in [5, 5.41) is 0. The van der Waals surface area contributed by atoms with E-state index in [4.69, 9.17) is 0 Å². The maximum atomic E-state index is 4.35. The van der Waals surface area contributed by atoms with Crippen LogP contribution >= 0.6 is 22.6 Å². The fraction of sp³-hybridized carbons (Fsp3) is 0.0833. The Balaban J connectivity index is 2.49. The van der Waals surface area contributed by atoms with Crippen LogP contribution in [0.5, 0.6) is 0 Å². The van der Waals surface area contributed by atoms with Crippen LogP contribution in [0.3, 0.4) is 0 Å². The summed E-state index contributed by atoms with van der Waals surface area (Å²) < 4.78 is 1.22. The van der Waals surface area contributed by atoms with Crippen LogP contribution < -0.4 is 0 Å². The van der Waals surface area contributed by atoms with Crippen molar-refractivity contribution in [2.75, 3.05) is 0 Å². The van der Waals surface area contributed by atoms with Crippen molar-refractivity contribution in [3.63, 3.8) is 0 Å². The lowest BCUT2D eigenvalue weighted by atomic mass is 10.1. The Labute approximate surface area is 97.3 Å². The van der Waals surface area contributed by atoms with Gasteiger partial charge in [0.25, 0.3) is 0 Å². The minimum Gasteiger partial charge on any atom is -0.256 e. The van der Waals surface area contributed by atoms with Crippen molar-refractivity contribution in [1.82, 2.24) is 4.98 Å². The van der Waals surface area contributed by atoms with Crippen molar-refractivity contribution in [1.29, 1.82) is 0 Å². The second-order valence-corrected chi connectivity index (χ2v) is 4.47. The summed E-state index contributed by atoms with van der Waals surface area (Å²) >= 11 is 2.30. The van der Waals surface area contributed by atoms with Gasteiger partial charge in [-0.3, -0.25) is 4.98 Å². The lowest BCUT2D eigenvalue weighted by Crippen LogP contribution is -1.84. The van der Waals surface area contributed by atoms with Gasteiger partial charge >= 0.3 is 0 Å². The van der Waals surface area contributed by atoms with Gasteiger partial charge in [-0.1, -0.05) is 23.8 Å². The maximum absolute atomic E-state index is 4.35. The number of hydrogen-bond acceptors (Lipinski definition) is 1. The first-order chi connectivity index (χ1) is 6.75. The minimum absolute atomic E-state index is 1.04. The molecule has 1 heterocycles. The summed E-state index contributed by atoms with van der Waals surface area (Å²) in [5.41, 5.74) is 3.49. The van der Waals surface area contributed by atoms with Gasteiger partial charge in [0, 0.05) is 15.3 Å². The quantitative estimate of drug-likeness (QED) is 0.732. The Morgan fingerprint density at radius 3 is 2.71 bits per heavy atom. The molecule has 0 spiro atoms. The molecule has 1 aromatic carbocycles. The fourth-order valence-electron chi connectivity index (χ4n) is 1.37. The highest BCUT2D eigenvalue weighted by molar-refractivity contribution is 14.1. The van der Waals surface area contributed by atoms with Crippen molar-refractivity contribution in [3.05, 3.63) is 51.7 Å². The summed E-state index contributed by atoms with van der Waals surface area (Å²) in [4.78, 5) is 4.35. The van der Waals surface area contributed by atoms with Gasteiger partial charge in [-0.2, -0.15) is 0 Å². The maximum Gasteiger partial charge on any atom is 0.0712 e. The summed E-state index contributed by atoms with van der Waals surface area (Å²) in [6.45, 7) is 2.09. The minimum atomic E-state index is 1.04. The number of benzene rings is 1. The van der Waals surface area contributed by atoms with Gasteiger partial charge in [0.2, 0.25) is 0 Å². The predicted octanol–water partition coefficient (Wildman–Crippen LogP) is 3.66. The van der Waals surface area contributed by atoms with Crippen molar-refractivity contribution >= 4 is 22.6 Å². The summed E-state index contributed by atoms with van der Waals surface area (Å²) in [6, 6.07) is 12.5. The van der Waals surface area contributed by atoms with Gasteiger partial charge in [0.05, 0.1) is 5.69 Å². The molecule has 0 saturated heterocycles. The van der Waals surface area contributed by atoms with E-state index in [2.05, 4.69) is 64.8 Å². The number of rotatable bonds is 1. The van der Waals surface area contributed by atoms with Crippen LogP contribution in [-0.4, -0.2) is 4.98 Å². The smallest absolute Gasteiger partial charge is 0.0712 e. The van der Waals surface area contributed by atoms with Crippen LogP contribution in [0.1, 0.15) is 5.56 Å². The third-order valence-corrected chi connectivity index (χ3v) is 2.71. The van der Waals surface area contributed by atoms with Gasteiger partial charge in [0.1, 0.15) is 0 Å². The summed E-state index contributed by atoms with van der Waals surface area (Å²) in [6.07, 6.45) is 1.85. The van der Waals surface area contributed by atoms with Gasteiger partial charge in [-0.25, -0.2) is 0 Å². The molecule has 14 heavy (non-hydrogen) atoms. The third kappa shape index (κ3) is 2.12. The van der Waals surface area contributed by atoms with Crippen LogP contribution in [0.2, 0.25) is 0 Å². The molecular formula is C12H10IN. The zero-order valence-corrected chi connectivity index (χ0v) is 10.0. The Morgan fingerprint density at radius 2 is 2.00 bits per heavy atom. The van der Waals surface area contributed by atoms with E-state index in [1.165, 1.54) is 14.7 Å². The molecule has 0 unspecified atom stereocenters. The number of hydrogen-bond donors (Lipinski definition) is 0. The molecule has 1 nitrogen and oxygen atoms in total. The molecule has 70 valence electrons. The molecule has 2 aromatic rings. The predicted molar refractivity (Wildman–Crippen MR) is 67.1 cm³/mol. The zero-order chi connectivity index (χ0) is 9.97. The summed E-state index contributed by atoms with van der Waals surface area (Å²) in [7, 11) is 0. The molecule has 2 rings (SSSR count). The van der Waals surface area contributed by atoms with E-state index in [0.29, 0.717) is 0 Å². The molecule has 0 saturated carbocycles. The molecule has 0 radical (unpaired) electrons. The second-order valence-electron chi connectivity index (χ2n) is 3.23. The summed E-state index contributed by atoms with van der Waals surface area (Å²) in [5.74, 6) is 0. The molecular weight excluding hydrogens is 285 g/mol. The molecule has 2 heteroatoms. The van der Waals surface area contributed by atoms with E-state index in [-0.39, 0.29) is 0 Å². The number of nitrogens with zero attached hydrogens (tertiary/aromatic N) is 1. The van der Waals surface area contributed by atoms with Crippen molar-refractivity contribution < 1.29 is 0 Å². The molecule has 0 bridgehead atoms. The first-order valence-electron chi connectivity index (χ1n) is 4.44. The molecule has 0 atom stereocenters. The third-order valence-electron chi connectivity index (χ3n) is 2.04. The molecule has 0 N–H and O–H groups in total. The average Bonchev–Trinajstić information content (AvgIpc) is 2.18. The molecule has 0 aliphatic heterocycles. The lowest BCUT2D eigenvalue weighted by molar-refractivity contribution is 1.31. The van der Waals surface area contributed by atoms with Crippen LogP contribution in [0.4, 0.5) is 0 Å². The lowest BCUT2D eigenvalue weighted by Gasteiger charge is -2.01. The number of aromatic nitrogens is 1. The SMILES string of the molecule is Cc1cccc(-c2cc(I)ccn2)c1. The molecule has 0 fully saturated rings. The van der Waals surface area contributed by atoms with Gasteiger partial charge < -0.3 is 0 Å². The van der Waals surface area contributed by atoms with Gasteiger partial charge in [-0.15, -0.1) is 0 Å². The van der Waals surface area contributed by atoms with Crippen LogP contribution in [0, 0.1) is 10.5 Å². The Bertz CT molecular complexity index is 408. The average molecular weight is 295 g/mol. The monoisotopic (exact) mass is 295 g/mol. The molecule has 0 aliphatic rings. The van der Waals surface area contributed by atoms with E-state index in [1.807, 2.05) is 12.3 Å². The Kier molecular flexibility index (Phi) is 2.82. The second kappa shape index (κ2) is 4.09. The van der Waals surface area contributed by atoms with Crippen molar-refractivity contribution in [3.8, 4) is 11.3 Å². The zero-order valence-electron chi connectivity index (χ0n) is 7.87. The first-order valence-corrected chi connectivity index (χ1v) is 5.52. The van der Waals surface area contributed by atoms with E-state index in [0.717, 1.165) is 5.69 Å². The number of pyridine rings is 1. The standard InChI is InChI=1S/C12H10IN/c1-9-3-2-4-10(7-9)12-8-11(13)5-6-14-12/h2-8H,1H3. The highest BCUT2D eigenvalue weighted by atomic mass is 127. The normalized spacial score (nSPS) is 10.1. The van der Waals surface area contributed by atoms with E-state index >= 15 is 0 Å². The Morgan fingerprint density at radius 1 is 1.14 bits per heavy atom. The van der Waals surface area contributed by atoms with Gasteiger partial charge in [-0.05, 0) is 47.7 Å². The molecule has 1 aromatic heterocycles. The van der Waals surface area contributed by atoms with Crippen molar-refractivity contribution in [2.24, 2.45) is 0 Å². The number of aryl methyl sites for hydroxylation is 1. The highest BCUT2D eigenvalue weighted by Crippen LogP contribution is 2.19. The molecule has 0 amide bonds. The topological polar surface area (TPSA) is 12.9 Å². The van der Waals surface area contributed by atoms with Crippen molar-refractivity contribution in [2.45, 2.75) is 6.92 Å². The number of halogens is 1. The fourth-order valence-corrected chi connectivity index (χ4v) is 1.82. The largest absolute Gasteiger partial charge is 0.256 e. The Hall–Kier alpha value is -0.900. The van der Waals surface area contributed by atoms with E-state index in [9.17, 15) is 0 Å². The van der Waals surface area contributed by atoms with Crippen LogP contribution in [0.25, 0.3) is 11.3 Å². The van der Waals surface area contributed by atoms with E-state index in [1.54, 1.807) is 0 Å². The first kappa shape index (κ1) is 9.65. The van der Waals surface area contributed by atoms with Crippen LogP contribution in [-0.2, 0) is 0 Å². The van der Waals surface area contributed by atoms with Crippen LogP contribution in [0.15, 0.2) is 42.6 Å². The highest BCUT2D eigenvalue weighted by Gasteiger charge is 1.98.